The van der Waals surface area contributed by atoms with Gasteiger partial charge in [-0.1, -0.05) is 25.7 Å². The Morgan fingerprint density at radius 1 is 1.17 bits per heavy atom. The van der Waals surface area contributed by atoms with Crippen LogP contribution in [0, 0.1) is 34.5 Å². The van der Waals surface area contributed by atoms with Gasteiger partial charge in [-0.15, -0.1) is 0 Å². The number of hydrogen-bond acceptors (Lipinski definition) is 2. The van der Waals surface area contributed by atoms with Gasteiger partial charge in [-0.05, 0) is 56.8 Å². The fraction of sp³-hybridized carbons (Fsp3) is 0.938. The Kier molecular flexibility index (Phi) is 2.94. The summed E-state index contributed by atoms with van der Waals surface area (Å²) in [6, 6.07) is 2.60. The van der Waals surface area contributed by atoms with Crippen molar-refractivity contribution in [2.75, 3.05) is 0 Å². The minimum Gasteiger partial charge on any atom is -0.388 e. The molecule has 0 aliphatic heterocycles. The van der Waals surface area contributed by atoms with Crippen LogP contribution in [-0.2, 0) is 0 Å². The van der Waals surface area contributed by atoms with Crippen molar-refractivity contribution in [1.82, 2.24) is 0 Å². The third-order valence-electron chi connectivity index (χ3n) is 6.35. The van der Waals surface area contributed by atoms with E-state index in [1.54, 1.807) is 0 Å². The maximum absolute atomic E-state index is 11.2. The largest absolute Gasteiger partial charge is 0.388 e. The number of nitriles is 1. The zero-order chi connectivity index (χ0) is 12.8. The second-order valence-electron chi connectivity index (χ2n) is 7.15. The zero-order valence-electron chi connectivity index (χ0n) is 11.5. The first-order chi connectivity index (χ1) is 8.60. The molecule has 0 aromatic rings. The second-order valence-corrected chi connectivity index (χ2v) is 7.15. The molecule has 3 fully saturated rings. The highest BCUT2D eigenvalue weighted by atomic mass is 16.3. The maximum Gasteiger partial charge on any atom is 0.0890 e. The first-order valence-electron chi connectivity index (χ1n) is 7.74. The highest BCUT2D eigenvalue weighted by Gasteiger charge is 2.62. The number of nitrogens with zero attached hydrogens (tertiary/aromatic N) is 1. The van der Waals surface area contributed by atoms with E-state index in [9.17, 15) is 10.4 Å². The van der Waals surface area contributed by atoms with Crippen LogP contribution in [0.5, 0.6) is 0 Å². The Bertz CT molecular complexity index is 364. The van der Waals surface area contributed by atoms with Crippen LogP contribution in [0.2, 0.25) is 0 Å². The van der Waals surface area contributed by atoms with Crippen molar-refractivity contribution >= 4 is 0 Å². The van der Waals surface area contributed by atoms with Crippen molar-refractivity contribution in [3.8, 4) is 6.07 Å². The standard InChI is InChI=1S/C16H25NO/c1-15(18,13-5-3-2-4-6-13)16(11-17)10-12-7-8-14(16)9-12/h12-14,18H,2-10H2,1H3. The lowest BCUT2D eigenvalue weighted by molar-refractivity contribution is -0.118. The Morgan fingerprint density at radius 3 is 2.39 bits per heavy atom. The van der Waals surface area contributed by atoms with Crippen LogP contribution in [0.4, 0.5) is 0 Å². The molecule has 0 aromatic carbocycles. The van der Waals surface area contributed by atoms with Crippen molar-refractivity contribution in [3.05, 3.63) is 0 Å². The van der Waals surface area contributed by atoms with Gasteiger partial charge >= 0.3 is 0 Å². The van der Waals surface area contributed by atoms with E-state index in [1.807, 2.05) is 6.92 Å². The number of hydrogen-bond donors (Lipinski definition) is 1. The predicted molar refractivity (Wildman–Crippen MR) is 70.7 cm³/mol. The molecule has 0 heterocycles. The summed E-state index contributed by atoms with van der Waals surface area (Å²) in [5, 5.41) is 21.0. The van der Waals surface area contributed by atoms with E-state index >= 15 is 0 Å². The lowest BCUT2D eigenvalue weighted by Crippen LogP contribution is -2.53. The van der Waals surface area contributed by atoms with Crippen LogP contribution in [0.1, 0.15) is 64.7 Å². The Morgan fingerprint density at radius 2 is 1.89 bits per heavy atom. The second kappa shape index (κ2) is 4.23. The molecule has 4 atom stereocenters. The molecule has 2 heteroatoms. The molecular formula is C16H25NO. The fourth-order valence-electron chi connectivity index (χ4n) is 5.23. The van der Waals surface area contributed by atoms with E-state index in [0.717, 1.165) is 19.3 Å². The first-order valence-corrected chi connectivity index (χ1v) is 7.74. The fourth-order valence-corrected chi connectivity index (χ4v) is 5.23. The van der Waals surface area contributed by atoms with Gasteiger partial charge in [-0.3, -0.25) is 0 Å². The lowest BCUT2D eigenvalue weighted by Gasteiger charge is -2.48. The van der Waals surface area contributed by atoms with Gasteiger partial charge in [0.1, 0.15) is 0 Å². The molecule has 2 bridgehead atoms. The minimum atomic E-state index is -0.762. The van der Waals surface area contributed by atoms with Gasteiger partial charge in [0.2, 0.25) is 0 Å². The van der Waals surface area contributed by atoms with Crippen molar-refractivity contribution < 1.29 is 5.11 Å². The summed E-state index contributed by atoms with van der Waals surface area (Å²) in [6.45, 7) is 1.98. The highest BCUT2D eigenvalue weighted by molar-refractivity contribution is 5.20. The van der Waals surface area contributed by atoms with Crippen LogP contribution in [0.25, 0.3) is 0 Å². The average Bonchev–Trinajstić information content (AvgIpc) is 3.00. The van der Waals surface area contributed by atoms with Crippen molar-refractivity contribution in [2.45, 2.75) is 70.3 Å². The molecule has 0 radical (unpaired) electrons. The SMILES string of the molecule is CC(O)(C1CCCCC1)C1(C#N)CC2CCC1C2. The Balaban J connectivity index is 1.88. The van der Waals surface area contributed by atoms with Gasteiger partial charge < -0.3 is 5.11 Å². The molecule has 4 unspecified atom stereocenters. The van der Waals surface area contributed by atoms with E-state index in [0.29, 0.717) is 17.8 Å². The highest BCUT2D eigenvalue weighted by Crippen LogP contribution is 2.62. The maximum atomic E-state index is 11.2. The van der Waals surface area contributed by atoms with Crippen molar-refractivity contribution in [2.24, 2.45) is 23.2 Å². The molecule has 0 saturated heterocycles. The molecule has 0 aromatic heterocycles. The number of fused-ring (bicyclic) bond motifs is 2. The van der Waals surface area contributed by atoms with Crippen LogP contribution in [0.3, 0.4) is 0 Å². The van der Waals surface area contributed by atoms with Gasteiger partial charge in [0, 0.05) is 0 Å². The summed E-state index contributed by atoms with van der Waals surface area (Å²) >= 11 is 0. The molecule has 3 saturated carbocycles. The molecule has 0 spiro atoms. The quantitative estimate of drug-likeness (QED) is 0.809. The average molecular weight is 247 g/mol. The van der Waals surface area contributed by atoms with Gasteiger partial charge in [0.25, 0.3) is 0 Å². The van der Waals surface area contributed by atoms with Gasteiger partial charge in [0.05, 0.1) is 17.1 Å². The van der Waals surface area contributed by atoms with E-state index in [4.69, 9.17) is 0 Å². The summed E-state index contributed by atoms with van der Waals surface area (Å²) < 4.78 is 0. The molecule has 2 nitrogen and oxygen atoms in total. The van der Waals surface area contributed by atoms with Crippen LogP contribution < -0.4 is 0 Å². The van der Waals surface area contributed by atoms with Crippen LogP contribution in [0.15, 0.2) is 0 Å². The lowest BCUT2D eigenvalue weighted by atomic mass is 9.57. The monoisotopic (exact) mass is 247 g/mol. The smallest absolute Gasteiger partial charge is 0.0890 e. The van der Waals surface area contributed by atoms with E-state index in [1.165, 1.54) is 38.5 Å². The molecule has 3 rings (SSSR count). The zero-order valence-corrected chi connectivity index (χ0v) is 11.5. The summed E-state index contributed by atoms with van der Waals surface area (Å²) in [5.74, 6) is 1.53. The summed E-state index contributed by atoms with van der Waals surface area (Å²) in [5.41, 5.74) is -1.19. The molecule has 0 amide bonds. The van der Waals surface area contributed by atoms with Crippen molar-refractivity contribution in [3.63, 3.8) is 0 Å². The minimum absolute atomic E-state index is 0.352. The molecule has 3 aliphatic carbocycles. The third-order valence-corrected chi connectivity index (χ3v) is 6.35. The number of rotatable bonds is 2. The van der Waals surface area contributed by atoms with E-state index < -0.39 is 11.0 Å². The first kappa shape index (κ1) is 12.5. The number of aliphatic hydroxyl groups is 1. The predicted octanol–water partition coefficient (Wildman–Crippen LogP) is 3.65. The normalized spacial score (nSPS) is 43.6. The molecule has 3 aliphatic rings. The third kappa shape index (κ3) is 1.56. The topological polar surface area (TPSA) is 44.0 Å². The molecular weight excluding hydrogens is 222 g/mol. The molecule has 18 heavy (non-hydrogen) atoms. The van der Waals surface area contributed by atoms with Crippen LogP contribution >= 0.6 is 0 Å². The Labute approximate surface area is 110 Å². The van der Waals surface area contributed by atoms with E-state index in [-0.39, 0.29) is 0 Å². The van der Waals surface area contributed by atoms with Gasteiger partial charge in [0.15, 0.2) is 0 Å². The van der Waals surface area contributed by atoms with Gasteiger partial charge in [-0.25, -0.2) is 0 Å². The van der Waals surface area contributed by atoms with Crippen molar-refractivity contribution in [1.29, 1.82) is 5.26 Å². The van der Waals surface area contributed by atoms with Crippen LogP contribution in [-0.4, -0.2) is 10.7 Å². The summed E-state index contributed by atoms with van der Waals surface area (Å²) in [7, 11) is 0. The Hall–Kier alpha value is -0.550. The summed E-state index contributed by atoms with van der Waals surface area (Å²) in [4.78, 5) is 0. The summed E-state index contributed by atoms with van der Waals surface area (Å²) in [6.07, 6.45) is 10.6. The molecule has 1 N–H and O–H groups in total. The van der Waals surface area contributed by atoms with Gasteiger partial charge in [-0.2, -0.15) is 5.26 Å². The van der Waals surface area contributed by atoms with E-state index in [2.05, 4.69) is 6.07 Å². The molecule has 100 valence electrons.